The van der Waals surface area contributed by atoms with Crippen LogP contribution in [-0.4, -0.2) is 36.5 Å². The average molecular weight is 298 g/mol. The zero-order valence-corrected chi connectivity index (χ0v) is 12.4. The Morgan fingerprint density at radius 2 is 2.15 bits per heavy atom. The number of piperidine rings is 1. The largest absolute Gasteiger partial charge is 0.319 e. The van der Waals surface area contributed by atoms with Crippen LogP contribution in [0.2, 0.25) is 5.02 Å². The third-order valence-corrected chi connectivity index (χ3v) is 4.23. The van der Waals surface area contributed by atoms with Crippen LogP contribution in [0, 0.1) is 16.0 Å². The van der Waals surface area contributed by atoms with Crippen LogP contribution in [0.25, 0.3) is 0 Å². The van der Waals surface area contributed by atoms with Crippen molar-refractivity contribution >= 4 is 17.3 Å². The molecule has 0 aliphatic carbocycles. The summed E-state index contributed by atoms with van der Waals surface area (Å²) in [5.74, 6) is 0.706. The van der Waals surface area contributed by atoms with Crippen molar-refractivity contribution in [1.82, 2.24) is 10.2 Å². The van der Waals surface area contributed by atoms with E-state index in [9.17, 15) is 10.1 Å². The molecule has 20 heavy (non-hydrogen) atoms. The molecule has 0 saturated carbocycles. The fraction of sp³-hybridized carbons (Fsp3) is 0.571. The highest BCUT2D eigenvalue weighted by molar-refractivity contribution is 6.31. The van der Waals surface area contributed by atoms with E-state index < -0.39 is 0 Å². The van der Waals surface area contributed by atoms with E-state index in [1.807, 2.05) is 7.05 Å². The smallest absolute Gasteiger partial charge is 0.275 e. The molecule has 1 aliphatic rings. The molecule has 1 aliphatic heterocycles. The molecule has 0 radical (unpaired) electrons. The summed E-state index contributed by atoms with van der Waals surface area (Å²) in [4.78, 5) is 13.0. The van der Waals surface area contributed by atoms with E-state index in [0.717, 1.165) is 32.5 Å². The maximum Gasteiger partial charge on any atom is 0.275 e. The second-order valence-electron chi connectivity index (χ2n) is 5.27. The van der Waals surface area contributed by atoms with Gasteiger partial charge in [0.1, 0.15) is 0 Å². The van der Waals surface area contributed by atoms with Crippen molar-refractivity contribution in [2.75, 3.05) is 26.7 Å². The summed E-state index contributed by atoms with van der Waals surface area (Å²) in [5, 5.41) is 14.8. The van der Waals surface area contributed by atoms with Gasteiger partial charge >= 0.3 is 0 Å². The lowest BCUT2D eigenvalue weighted by atomic mass is 9.96. The monoisotopic (exact) mass is 297 g/mol. The Balaban J connectivity index is 2.03. The van der Waals surface area contributed by atoms with E-state index in [4.69, 9.17) is 11.6 Å². The SMILES string of the molecule is CNCC1CCN(Cc2c(Cl)cccc2[N+](=O)[O-])CC1. The number of nitrogens with zero attached hydrogens (tertiary/aromatic N) is 2. The molecule has 1 N–H and O–H groups in total. The van der Waals surface area contributed by atoms with Crippen LogP contribution in [0.1, 0.15) is 18.4 Å². The van der Waals surface area contributed by atoms with E-state index in [-0.39, 0.29) is 10.6 Å². The summed E-state index contributed by atoms with van der Waals surface area (Å²) in [6.07, 6.45) is 2.25. The third-order valence-electron chi connectivity index (χ3n) is 3.87. The van der Waals surface area contributed by atoms with E-state index in [1.54, 1.807) is 12.1 Å². The number of rotatable bonds is 5. The molecule has 1 aromatic carbocycles. The molecule has 1 fully saturated rings. The average Bonchev–Trinajstić information content (AvgIpc) is 2.43. The Hall–Kier alpha value is -1.17. The third kappa shape index (κ3) is 3.69. The fourth-order valence-corrected chi connectivity index (χ4v) is 2.97. The highest BCUT2D eigenvalue weighted by Gasteiger charge is 2.23. The second kappa shape index (κ2) is 7.02. The standard InChI is InChI=1S/C14H20ClN3O2/c1-16-9-11-5-7-17(8-6-11)10-12-13(15)3-2-4-14(12)18(19)20/h2-4,11,16H,5-10H2,1H3. The minimum Gasteiger partial charge on any atom is -0.319 e. The molecule has 110 valence electrons. The van der Waals surface area contributed by atoms with Gasteiger partial charge in [0.15, 0.2) is 0 Å². The van der Waals surface area contributed by atoms with Gasteiger partial charge in [-0.15, -0.1) is 0 Å². The summed E-state index contributed by atoms with van der Waals surface area (Å²) < 4.78 is 0. The minimum atomic E-state index is -0.352. The van der Waals surface area contributed by atoms with Gasteiger partial charge in [-0.2, -0.15) is 0 Å². The molecular weight excluding hydrogens is 278 g/mol. The second-order valence-corrected chi connectivity index (χ2v) is 5.68. The Labute approximate surface area is 124 Å². The van der Waals surface area contributed by atoms with Crippen LogP contribution in [-0.2, 0) is 6.54 Å². The molecule has 5 nitrogen and oxygen atoms in total. The summed E-state index contributed by atoms with van der Waals surface area (Å²) in [6.45, 7) is 3.53. The lowest BCUT2D eigenvalue weighted by Gasteiger charge is -2.31. The number of hydrogen-bond donors (Lipinski definition) is 1. The number of likely N-dealkylation sites (tertiary alicyclic amines) is 1. The van der Waals surface area contributed by atoms with Gasteiger partial charge in [-0.05, 0) is 51.5 Å². The molecule has 0 spiro atoms. The Kier molecular flexibility index (Phi) is 5.34. The van der Waals surface area contributed by atoms with E-state index in [2.05, 4.69) is 10.2 Å². The van der Waals surface area contributed by atoms with Crippen molar-refractivity contribution in [2.45, 2.75) is 19.4 Å². The summed E-state index contributed by atoms with van der Waals surface area (Å²) in [7, 11) is 1.97. The first-order chi connectivity index (χ1) is 9.61. The van der Waals surface area contributed by atoms with Crippen LogP contribution in [0.15, 0.2) is 18.2 Å². The van der Waals surface area contributed by atoms with Crippen molar-refractivity contribution in [1.29, 1.82) is 0 Å². The predicted octanol–water partition coefficient (Wildman–Crippen LogP) is 2.68. The maximum absolute atomic E-state index is 11.1. The molecule has 0 atom stereocenters. The quantitative estimate of drug-likeness (QED) is 0.670. The summed E-state index contributed by atoms with van der Waals surface area (Å²) in [5.41, 5.74) is 0.751. The van der Waals surface area contributed by atoms with Crippen LogP contribution >= 0.6 is 11.6 Å². The van der Waals surface area contributed by atoms with Crippen LogP contribution in [0.4, 0.5) is 5.69 Å². The molecule has 1 heterocycles. The highest BCUT2D eigenvalue weighted by atomic mass is 35.5. The number of nitro benzene ring substituents is 1. The Morgan fingerprint density at radius 3 is 2.75 bits per heavy atom. The van der Waals surface area contributed by atoms with Gasteiger partial charge in [0.25, 0.3) is 5.69 Å². The molecule has 0 amide bonds. The van der Waals surface area contributed by atoms with Crippen molar-refractivity contribution in [2.24, 2.45) is 5.92 Å². The maximum atomic E-state index is 11.1. The minimum absolute atomic E-state index is 0.120. The first kappa shape index (κ1) is 15.2. The van der Waals surface area contributed by atoms with E-state index >= 15 is 0 Å². The molecule has 1 aromatic rings. The number of nitro groups is 1. The van der Waals surface area contributed by atoms with Crippen LogP contribution in [0.3, 0.4) is 0 Å². The van der Waals surface area contributed by atoms with Gasteiger partial charge < -0.3 is 5.32 Å². The van der Waals surface area contributed by atoms with Gasteiger partial charge in [-0.3, -0.25) is 15.0 Å². The molecule has 0 unspecified atom stereocenters. The lowest BCUT2D eigenvalue weighted by molar-refractivity contribution is -0.385. The van der Waals surface area contributed by atoms with E-state index in [0.29, 0.717) is 23.0 Å². The molecule has 1 saturated heterocycles. The number of benzene rings is 1. The zero-order valence-electron chi connectivity index (χ0n) is 11.6. The van der Waals surface area contributed by atoms with E-state index in [1.165, 1.54) is 6.07 Å². The van der Waals surface area contributed by atoms with Crippen molar-refractivity contribution in [3.8, 4) is 0 Å². The molecule has 2 rings (SSSR count). The summed E-state index contributed by atoms with van der Waals surface area (Å²) >= 11 is 6.13. The lowest BCUT2D eigenvalue weighted by Crippen LogP contribution is -2.36. The predicted molar refractivity (Wildman–Crippen MR) is 80.0 cm³/mol. The molecule has 0 aromatic heterocycles. The van der Waals surface area contributed by atoms with Gasteiger partial charge in [0.05, 0.1) is 15.5 Å². The van der Waals surface area contributed by atoms with Crippen molar-refractivity contribution < 1.29 is 4.92 Å². The zero-order chi connectivity index (χ0) is 14.5. The molecule has 6 heteroatoms. The van der Waals surface area contributed by atoms with Gasteiger partial charge in [-0.25, -0.2) is 0 Å². The van der Waals surface area contributed by atoms with Gasteiger partial charge in [-0.1, -0.05) is 17.7 Å². The number of hydrogen-bond acceptors (Lipinski definition) is 4. The first-order valence-electron chi connectivity index (χ1n) is 6.90. The van der Waals surface area contributed by atoms with Crippen LogP contribution < -0.4 is 5.32 Å². The van der Waals surface area contributed by atoms with Crippen molar-refractivity contribution in [3.05, 3.63) is 38.9 Å². The topological polar surface area (TPSA) is 58.4 Å². The first-order valence-corrected chi connectivity index (χ1v) is 7.28. The van der Waals surface area contributed by atoms with Crippen molar-refractivity contribution in [3.63, 3.8) is 0 Å². The molecule has 0 bridgehead atoms. The molecular formula is C14H20ClN3O2. The Morgan fingerprint density at radius 1 is 1.45 bits per heavy atom. The van der Waals surface area contributed by atoms with Crippen LogP contribution in [0.5, 0.6) is 0 Å². The number of nitrogens with one attached hydrogen (secondary N) is 1. The highest BCUT2D eigenvalue weighted by Crippen LogP contribution is 2.29. The summed E-state index contributed by atoms with van der Waals surface area (Å²) in [6, 6.07) is 4.87. The normalized spacial score (nSPS) is 17.3. The van der Waals surface area contributed by atoms with Gasteiger partial charge in [0, 0.05) is 12.6 Å². The number of halogens is 1. The Bertz CT molecular complexity index is 473. The van der Waals surface area contributed by atoms with Gasteiger partial charge in [0.2, 0.25) is 0 Å². The fourth-order valence-electron chi connectivity index (χ4n) is 2.74.